The van der Waals surface area contributed by atoms with E-state index in [2.05, 4.69) is 28.6 Å². The second-order valence-corrected chi connectivity index (χ2v) is 9.41. The molecular formula is C29H32N6O2. The first-order valence-electron chi connectivity index (χ1n) is 12.4. The van der Waals surface area contributed by atoms with E-state index in [1.165, 1.54) is 0 Å². The Morgan fingerprint density at radius 1 is 1.08 bits per heavy atom. The van der Waals surface area contributed by atoms with Crippen LogP contribution in [0.4, 0.5) is 11.5 Å². The maximum atomic E-state index is 13.4. The number of hydrogen-bond donors (Lipinski definition) is 2. The number of rotatable bonds is 8. The summed E-state index contributed by atoms with van der Waals surface area (Å²) in [5.74, 6) is 0.458. The predicted octanol–water partition coefficient (Wildman–Crippen LogP) is 3.69. The molecule has 8 heteroatoms. The highest BCUT2D eigenvalue weighted by atomic mass is 16.2. The number of piperazine rings is 1. The van der Waals surface area contributed by atoms with E-state index < -0.39 is 6.04 Å². The number of nitriles is 1. The minimum atomic E-state index is -0.571. The van der Waals surface area contributed by atoms with Gasteiger partial charge < -0.3 is 20.4 Å². The zero-order chi connectivity index (χ0) is 26.4. The zero-order valence-corrected chi connectivity index (χ0v) is 21.4. The Bertz CT molecular complexity index is 1250. The van der Waals surface area contributed by atoms with Crippen molar-refractivity contribution in [3.05, 3.63) is 89.6 Å². The largest absolute Gasteiger partial charge is 0.357 e. The lowest BCUT2D eigenvalue weighted by Crippen LogP contribution is -2.54. The van der Waals surface area contributed by atoms with Crippen LogP contribution in [0.25, 0.3) is 0 Å². The number of nitrogens with zero attached hydrogens (tertiary/aromatic N) is 4. The average molecular weight is 497 g/mol. The van der Waals surface area contributed by atoms with E-state index in [1.54, 1.807) is 29.3 Å². The molecular weight excluding hydrogens is 464 g/mol. The summed E-state index contributed by atoms with van der Waals surface area (Å²) in [7, 11) is 1.81. The number of nitrogens with one attached hydrogen (secondary N) is 2. The number of hydrogen-bond acceptors (Lipinski definition) is 6. The van der Waals surface area contributed by atoms with E-state index in [1.807, 2.05) is 67.4 Å². The molecule has 2 N–H and O–H groups in total. The fourth-order valence-electron chi connectivity index (χ4n) is 4.50. The fraction of sp³-hybridized carbons (Fsp3) is 0.310. The summed E-state index contributed by atoms with van der Waals surface area (Å²) in [6.07, 6.45) is 1.70. The van der Waals surface area contributed by atoms with Gasteiger partial charge in [-0.3, -0.25) is 9.59 Å². The summed E-state index contributed by atoms with van der Waals surface area (Å²) >= 11 is 0. The number of anilines is 2. The molecule has 0 saturated carbocycles. The van der Waals surface area contributed by atoms with E-state index in [-0.39, 0.29) is 23.8 Å². The van der Waals surface area contributed by atoms with Crippen molar-refractivity contribution in [2.75, 3.05) is 36.9 Å². The molecule has 190 valence electrons. The monoisotopic (exact) mass is 496 g/mol. The van der Waals surface area contributed by atoms with Crippen molar-refractivity contribution in [1.29, 1.82) is 5.26 Å². The normalized spacial score (nSPS) is 17.1. The van der Waals surface area contributed by atoms with Crippen LogP contribution in [0.3, 0.4) is 0 Å². The highest BCUT2D eigenvalue weighted by molar-refractivity contribution is 5.95. The molecule has 2 heterocycles. The number of aromatic nitrogens is 1. The molecule has 1 saturated heterocycles. The quantitative estimate of drug-likeness (QED) is 0.493. The molecule has 37 heavy (non-hydrogen) atoms. The van der Waals surface area contributed by atoms with E-state index >= 15 is 0 Å². The lowest BCUT2D eigenvalue weighted by Gasteiger charge is -2.38. The number of pyridine rings is 1. The molecule has 0 bridgehead atoms. The number of benzene rings is 2. The SMILES string of the molecule is CC1C(=O)N(C)CCN1c1ccc(NC(=O)[C@@H](NC[C@H](C)c2ccc(C#N)cc2)c2ccccc2)nc1. The van der Waals surface area contributed by atoms with Gasteiger partial charge in [0.1, 0.15) is 17.9 Å². The Hall–Kier alpha value is -4.22. The van der Waals surface area contributed by atoms with Crippen molar-refractivity contribution in [2.24, 2.45) is 0 Å². The molecule has 1 fully saturated rings. The van der Waals surface area contributed by atoms with Gasteiger partial charge in [0.05, 0.1) is 23.5 Å². The second-order valence-electron chi connectivity index (χ2n) is 9.41. The average Bonchev–Trinajstić information content (AvgIpc) is 2.93. The lowest BCUT2D eigenvalue weighted by atomic mass is 9.98. The van der Waals surface area contributed by atoms with Crippen LogP contribution in [0.2, 0.25) is 0 Å². The number of likely N-dealkylation sites (N-methyl/N-ethyl adjacent to an activating group) is 1. The Kier molecular flexibility index (Phi) is 8.16. The molecule has 0 radical (unpaired) electrons. The highest BCUT2D eigenvalue weighted by Crippen LogP contribution is 2.23. The van der Waals surface area contributed by atoms with Gasteiger partial charge in [-0.1, -0.05) is 49.4 Å². The third-order valence-corrected chi connectivity index (χ3v) is 6.84. The topological polar surface area (TPSA) is 101 Å². The smallest absolute Gasteiger partial charge is 0.247 e. The molecule has 2 amide bonds. The predicted molar refractivity (Wildman–Crippen MR) is 144 cm³/mol. The zero-order valence-electron chi connectivity index (χ0n) is 21.4. The molecule has 3 atom stereocenters. The number of carbonyl (C=O) groups excluding carboxylic acids is 2. The van der Waals surface area contributed by atoms with Gasteiger partial charge in [-0.25, -0.2) is 4.98 Å². The number of amides is 2. The van der Waals surface area contributed by atoms with E-state index in [4.69, 9.17) is 5.26 Å². The van der Waals surface area contributed by atoms with Crippen LogP contribution < -0.4 is 15.5 Å². The third-order valence-electron chi connectivity index (χ3n) is 6.84. The molecule has 2 aromatic carbocycles. The first kappa shape index (κ1) is 25.9. The van der Waals surface area contributed by atoms with Crippen molar-refractivity contribution in [3.8, 4) is 6.07 Å². The van der Waals surface area contributed by atoms with Gasteiger partial charge >= 0.3 is 0 Å². The summed E-state index contributed by atoms with van der Waals surface area (Å²) in [6.45, 7) is 5.93. The molecule has 1 aliphatic heterocycles. The van der Waals surface area contributed by atoms with Gasteiger partial charge in [0.2, 0.25) is 11.8 Å². The Morgan fingerprint density at radius 3 is 2.46 bits per heavy atom. The summed E-state index contributed by atoms with van der Waals surface area (Å²) < 4.78 is 0. The van der Waals surface area contributed by atoms with Crippen LogP contribution in [0.5, 0.6) is 0 Å². The third kappa shape index (κ3) is 6.13. The van der Waals surface area contributed by atoms with Gasteiger partial charge in [0.25, 0.3) is 0 Å². The lowest BCUT2D eigenvalue weighted by molar-refractivity contribution is -0.132. The summed E-state index contributed by atoms with van der Waals surface area (Å²) in [5.41, 5.74) is 3.42. The van der Waals surface area contributed by atoms with E-state index in [0.717, 1.165) is 23.4 Å². The molecule has 1 unspecified atom stereocenters. The van der Waals surface area contributed by atoms with Crippen molar-refractivity contribution < 1.29 is 9.59 Å². The second kappa shape index (κ2) is 11.7. The molecule has 0 spiro atoms. The number of carbonyl (C=O) groups is 2. The van der Waals surface area contributed by atoms with Crippen LogP contribution in [0.15, 0.2) is 72.9 Å². The summed E-state index contributed by atoms with van der Waals surface area (Å²) in [5, 5.41) is 15.4. The van der Waals surface area contributed by atoms with Crippen molar-refractivity contribution in [1.82, 2.24) is 15.2 Å². The minimum Gasteiger partial charge on any atom is -0.357 e. The molecule has 8 nitrogen and oxygen atoms in total. The first-order chi connectivity index (χ1) is 17.9. The fourth-order valence-corrected chi connectivity index (χ4v) is 4.50. The van der Waals surface area contributed by atoms with Gasteiger partial charge in [-0.15, -0.1) is 0 Å². The molecule has 1 aromatic heterocycles. The summed E-state index contributed by atoms with van der Waals surface area (Å²) in [6, 6.07) is 22.1. The highest BCUT2D eigenvalue weighted by Gasteiger charge is 2.29. The van der Waals surface area contributed by atoms with Gasteiger partial charge in [-0.2, -0.15) is 5.26 Å². The molecule has 0 aliphatic carbocycles. The maximum Gasteiger partial charge on any atom is 0.247 e. The van der Waals surface area contributed by atoms with Crippen LogP contribution in [0.1, 0.15) is 42.5 Å². The van der Waals surface area contributed by atoms with E-state index in [9.17, 15) is 9.59 Å². The van der Waals surface area contributed by atoms with Crippen molar-refractivity contribution >= 4 is 23.3 Å². The van der Waals surface area contributed by atoms with Crippen LogP contribution in [0, 0.1) is 11.3 Å². The van der Waals surface area contributed by atoms with Gasteiger partial charge in [0.15, 0.2) is 0 Å². The van der Waals surface area contributed by atoms with Crippen LogP contribution in [-0.4, -0.2) is 54.4 Å². The maximum absolute atomic E-state index is 13.4. The van der Waals surface area contributed by atoms with Gasteiger partial charge in [0, 0.05) is 26.7 Å². The van der Waals surface area contributed by atoms with Gasteiger partial charge in [-0.05, 0) is 48.2 Å². The Labute approximate surface area is 217 Å². The van der Waals surface area contributed by atoms with E-state index in [0.29, 0.717) is 24.5 Å². The first-order valence-corrected chi connectivity index (χ1v) is 12.4. The standard InChI is InChI=1S/C29H32N6O2/c1-20(23-11-9-22(17-30)10-12-23)18-32-27(24-7-5-4-6-8-24)28(36)33-26-14-13-25(19-31-26)35-16-15-34(3)29(37)21(35)2/h4-14,19-21,27,32H,15-16,18H2,1-3H3,(H,31,33,36)/t20-,21?,27-/m0/s1. The molecule has 3 aromatic rings. The Balaban J connectivity index is 1.44. The Morgan fingerprint density at radius 2 is 1.81 bits per heavy atom. The molecule has 1 aliphatic rings. The van der Waals surface area contributed by atoms with Crippen LogP contribution >= 0.6 is 0 Å². The van der Waals surface area contributed by atoms with Crippen molar-refractivity contribution in [2.45, 2.75) is 31.8 Å². The minimum absolute atomic E-state index is 0.0793. The van der Waals surface area contributed by atoms with Crippen LogP contribution in [-0.2, 0) is 9.59 Å². The van der Waals surface area contributed by atoms with Crippen molar-refractivity contribution in [3.63, 3.8) is 0 Å². The molecule has 4 rings (SSSR count). The summed E-state index contributed by atoms with van der Waals surface area (Å²) in [4.78, 5) is 33.9.